The number of carbonyl (C=O) groups excluding carboxylic acids is 1. The molecule has 5 heteroatoms. The fraction of sp³-hybridized carbons (Fsp3) is 0.562. The molecule has 1 aromatic rings. The fourth-order valence-corrected chi connectivity index (χ4v) is 2.49. The summed E-state index contributed by atoms with van der Waals surface area (Å²) < 4.78 is 5.94. The minimum absolute atomic E-state index is 0.00182. The molecular weight excluding hydrogens is 266 g/mol. The number of aromatic nitrogens is 2. The average molecular weight is 289 g/mol. The second kappa shape index (κ2) is 6.70. The van der Waals surface area contributed by atoms with E-state index in [1.165, 1.54) is 0 Å². The van der Waals surface area contributed by atoms with Crippen LogP contribution in [0.4, 0.5) is 0 Å². The molecule has 1 atom stereocenters. The summed E-state index contributed by atoms with van der Waals surface area (Å²) in [6, 6.07) is 1.84. The van der Waals surface area contributed by atoms with Gasteiger partial charge in [0.05, 0.1) is 6.54 Å². The predicted octanol–water partition coefficient (Wildman–Crippen LogP) is 2.43. The maximum Gasteiger partial charge on any atom is 0.246 e. The van der Waals surface area contributed by atoms with Crippen molar-refractivity contribution in [1.29, 1.82) is 0 Å². The smallest absolute Gasteiger partial charge is 0.246 e. The Morgan fingerprint density at radius 2 is 2.14 bits per heavy atom. The summed E-state index contributed by atoms with van der Waals surface area (Å²) in [4.78, 5) is 22.5. The molecule has 114 valence electrons. The highest BCUT2D eigenvalue weighted by atomic mass is 16.5. The minimum Gasteiger partial charge on any atom is -0.472 e. The van der Waals surface area contributed by atoms with Gasteiger partial charge in [-0.2, -0.15) is 4.98 Å². The Kier molecular flexibility index (Phi) is 4.94. The third-order valence-electron chi connectivity index (χ3n) is 3.33. The highest BCUT2D eigenvalue weighted by molar-refractivity contribution is 5.88. The van der Waals surface area contributed by atoms with E-state index in [-0.39, 0.29) is 12.0 Å². The quantitative estimate of drug-likeness (QED) is 0.802. The number of ether oxygens (including phenoxy) is 1. The van der Waals surface area contributed by atoms with E-state index in [0.717, 1.165) is 30.7 Å². The zero-order valence-electron chi connectivity index (χ0n) is 13.2. The van der Waals surface area contributed by atoms with Crippen LogP contribution < -0.4 is 4.74 Å². The van der Waals surface area contributed by atoms with Gasteiger partial charge in [0.2, 0.25) is 11.8 Å². The maximum atomic E-state index is 12.1. The first-order valence-electron chi connectivity index (χ1n) is 7.37. The lowest BCUT2D eigenvalue weighted by molar-refractivity contribution is -0.128. The van der Waals surface area contributed by atoms with Crippen molar-refractivity contribution in [2.75, 3.05) is 13.1 Å². The Morgan fingerprint density at radius 3 is 2.81 bits per heavy atom. The number of hydrogen-bond acceptors (Lipinski definition) is 4. The van der Waals surface area contributed by atoms with Crippen molar-refractivity contribution in [3.05, 3.63) is 29.2 Å². The number of allylic oxidation sites excluding steroid dienone is 1. The molecular formula is C16H23N3O2. The van der Waals surface area contributed by atoms with Gasteiger partial charge in [0.15, 0.2) is 0 Å². The van der Waals surface area contributed by atoms with Gasteiger partial charge in [-0.1, -0.05) is 5.57 Å². The second-order valence-corrected chi connectivity index (χ2v) is 5.78. The predicted molar refractivity (Wildman–Crippen MR) is 81.2 cm³/mol. The summed E-state index contributed by atoms with van der Waals surface area (Å²) in [6.07, 6.45) is 3.58. The summed E-state index contributed by atoms with van der Waals surface area (Å²) in [5.74, 6) is 1.37. The van der Waals surface area contributed by atoms with Crippen LogP contribution in [0.5, 0.6) is 5.88 Å². The Balaban J connectivity index is 2.01. The molecule has 1 aromatic heterocycles. The highest BCUT2D eigenvalue weighted by Gasteiger charge is 2.24. The Bertz CT molecular complexity index is 530. The van der Waals surface area contributed by atoms with Crippen molar-refractivity contribution in [3.63, 3.8) is 0 Å². The van der Waals surface area contributed by atoms with Crippen molar-refractivity contribution < 1.29 is 9.53 Å². The average Bonchev–Trinajstić information content (AvgIpc) is 2.37. The van der Waals surface area contributed by atoms with Crippen LogP contribution in [0.25, 0.3) is 0 Å². The Labute approximate surface area is 126 Å². The summed E-state index contributed by atoms with van der Waals surface area (Å²) in [5.41, 5.74) is 1.91. The van der Waals surface area contributed by atoms with Gasteiger partial charge in [0, 0.05) is 24.4 Å². The van der Waals surface area contributed by atoms with Crippen LogP contribution in [0.1, 0.15) is 38.2 Å². The Hall–Kier alpha value is -1.91. The van der Waals surface area contributed by atoms with Gasteiger partial charge in [-0.15, -0.1) is 0 Å². The zero-order valence-corrected chi connectivity index (χ0v) is 13.2. The fourth-order valence-electron chi connectivity index (χ4n) is 2.49. The molecule has 1 saturated heterocycles. The summed E-state index contributed by atoms with van der Waals surface area (Å²) in [6.45, 7) is 9.05. The van der Waals surface area contributed by atoms with Crippen molar-refractivity contribution in [3.8, 4) is 5.88 Å². The number of likely N-dealkylation sites (tertiary alicyclic amines) is 1. The molecule has 0 aliphatic carbocycles. The molecule has 0 saturated carbocycles. The first-order chi connectivity index (χ1) is 9.94. The molecule has 1 amide bonds. The lowest BCUT2D eigenvalue weighted by Gasteiger charge is -2.32. The Morgan fingerprint density at radius 1 is 1.38 bits per heavy atom. The number of carbonyl (C=O) groups is 1. The van der Waals surface area contributed by atoms with Crippen LogP contribution >= 0.6 is 0 Å². The van der Waals surface area contributed by atoms with Crippen LogP contribution in [-0.2, 0) is 4.79 Å². The molecule has 0 bridgehead atoms. The first kappa shape index (κ1) is 15.5. The molecule has 1 unspecified atom stereocenters. The normalized spacial score (nSPS) is 18.3. The van der Waals surface area contributed by atoms with E-state index in [2.05, 4.69) is 9.97 Å². The van der Waals surface area contributed by atoms with Gasteiger partial charge < -0.3 is 9.64 Å². The van der Waals surface area contributed by atoms with Gasteiger partial charge in [-0.05, 0) is 40.5 Å². The minimum atomic E-state index is 0.00182. The molecule has 0 N–H and O–H groups in total. The van der Waals surface area contributed by atoms with E-state index in [0.29, 0.717) is 18.2 Å². The van der Waals surface area contributed by atoms with Crippen molar-refractivity contribution in [2.24, 2.45) is 0 Å². The van der Waals surface area contributed by atoms with Crippen molar-refractivity contribution >= 4 is 5.91 Å². The molecule has 2 heterocycles. The van der Waals surface area contributed by atoms with Crippen molar-refractivity contribution in [2.45, 2.75) is 46.6 Å². The topological polar surface area (TPSA) is 55.3 Å². The number of nitrogens with zero attached hydrogens (tertiary/aromatic N) is 3. The maximum absolute atomic E-state index is 12.1. The van der Waals surface area contributed by atoms with Crippen molar-refractivity contribution in [1.82, 2.24) is 14.9 Å². The number of rotatable bonds is 3. The molecule has 0 spiro atoms. The van der Waals surface area contributed by atoms with Gasteiger partial charge in [0.25, 0.3) is 0 Å². The summed E-state index contributed by atoms with van der Waals surface area (Å²) >= 11 is 0. The molecule has 1 aliphatic rings. The van der Waals surface area contributed by atoms with E-state index >= 15 is 0 Å². The van der Waals surface area contributed by atoms with Crippen LogP contribution in [0.3, 0.4) is 0 Å². The molecule has 21 heavy (non-hydrogen) atoms. The highest BCUT2D eigenvalue weighted by Crippen LogP contribution is 2.18. The van der Waals surface area contributed by atoms with Crippen LogP contribution in [-0.4, -0.2) is 40.0 Å². The first-order valence-corrected chi connectivity index (χ1v) is 7.37. The number of aryl methyl sites for hydroxylation is 2. The van der Waals surface area contributed by atoms with Crippen LogP contribution in [0.2, 0.25) is 0 Å². The van der Waals surface area contributed by atoms with E-state index in [4.69, 9.17) is 4.74 Å². The van der Waals surface area contributed by atoms with E-state index < -0.39 is 0 Å². The third kappa shape index (κ3) is 4.55. The number of hydrogen-bond donors (Lipinski definition) is 0. The molecule has 2 rings (SSSR count). The monoisotopic (exact) mass is 289 g/mol. The van der Waals surface area contributed by atoms with Crippen LogP contribution in [0.15, 0.2) is 17.7 Å². The lowest BCUT2D eigenvalue weighted by Crippen LogP contribution is -2.43. The molecule has 5 nitrogen and oxygen atoms in total. The zero-order chi connectivity index (χ0) is 15.4. The van der Waals surface area contributed by atoms with E-state index in [9.17, 15) is 4.79 Å². The molecule has 1 aliphatic heterocycles. The molecule has 0 radical (unpaired) electrons. The summed E-state index contributed by atoms with van der Waals surface area (Å²) in [7, 11) is 0. The van der Waals surface area contributed by atoms with Gasteiger partial charge in [-0.25, -0.2) is 4.98 Å². The number of amides is 1. The second-order valence-electron chi connectivity index (χ2n) is 5.78. The SMILES string of the molecule is CC(C)=CC(=O)N1CCCC(Oc2cc(C)nc(C)n2)C1. The van der Waals surface area contributed by atoms with E-state index in [1.54, 1.807) is 6.08 Å². The van der Waals surface area contributed by atoms with Crippen LogP contribution in [0, 0.1) is 13.8 Å². The number of piperidine rings is 1. The third-order valence-corrected chi connectivity index (χ3v) is 3.33. The molecule has 1 fully saturated rings. The summed E-state index contributed by atoms with van der Waals surface area (Å²) in [5, 5.41) is 0. The largest absolute Gasteiger partial charge is 0.472 e. The van der Waals surface area contributed by atoms with Gasteiger partial charge in [-0.3, -0.25) is 4.79 Å². The van der Waals surface area contributed by atoms with Gasteiger partial charge >= 0.3 is 0 Å². The van der Waals surface area contributed by atoms with E-state index in [1.807, 2.05) is 38.7 Å². The molecule has 0 aromatic carbocycles. The van der Waals surface area contributed by atoms with Gasteiger partial charge in [0.1, 0.15) is 11.9 Å². The lowest BCUT2D eigenvalue weighted by atomic mass is 10.1. The standard InChI is InChI=1S/C16H23N3O2/c1-11(2)8-16(20)19-7-5-6-14(10-19)21-15-9-12(3)17-13(4)18-15/h8-9,14H,5-7,10H2,1-4H3.